The number of rotatable bonds is 5. The fraction of sp³-hybridized carbons (Fsp3) is 0.375. The van der Waals surface area contributed by atoms with E-state index in [1.54, 1.807) is 23.0 Å². The second-order valence-electron chi connectivity index (χ2n) is 5.89. The lowest BCUT2D eigenvalue weighted by atomic mass is 10.2. The Balaban J connectivity index is 1.79. The molecule has 7 nitrogen and oxygen atoms in total. The Bertz CT molecular complexity index is 846. The normalized spacial score (nSPS) is 15.9. The Morgan fingerprint density at radius 3 is 2.68 bits per heavy atom. The van der Waals surface area contributed by atoms with Gasteiger partial charge in [0.1, 0.15) is 11.4 Å². The molecule has 1 amide bonds. The number of amides is 1. The molecular weight excluding hydrogens is 364 g/mol. The first-order valence-electron chi connectivity index (χ1n) is 8.02. The lowest BCUT2D eigenvalue weighted by Crippen LogP contribution is -2.35. The number of nitrogens with zero attached hydrogens (tertiary/aromatic N) is 3. The van der Waals surface area contributed by atoms with E-state index in [2.05, 4.69) is 10.3 Å². The Morgan fingerprint density at radius 2 is 2.00 bits per heavy atom. The summed E-state index contributed by atoms with van der Waals surface area (Å²) >= 11 is 6.12. The third-order valence-electron chi connectivity index (χ3n) is 4.03. The largest absolute Gasteiger partial charge is 0.328 e. The molecule has 2 heterocycles. The van der Waals surface area contributed by atoms with Crippen LogP contribution in [-0.2, 0) is 21.4 Å². The van der Waals surface area contributed by atoms with E-state index in [0.717, 1.165) is 19.3 Å². The average molecular weight is 383 g/mol. The van der Waals surface area contributed by atoms with Gasteiger partial charge in [0.05, 0.1) is 11.3 Å². The summed E-state index contributed by atoms with van der Waals surface area (Å²) in [6.07, 6.45) is 7.51. The summed E-state index contributed by atoms with van der Waals surface area (Å²) in [6, 6.07) is 4.49. The zero-order chi connectivity index (χ0) is 17.9. The highest BCUT2D eigenvalue weighted by Crippen LogP contribution is 2.29. The molecule has 1 N–H and O–H groups in total. The molecule has 134 valence electrons. The van der Waals surface area contributed by atoms with Gasteiger partial charge in [-0.2, -0.15) is 4.31 Å². The van der Waals surface area contributed by atoms with E-state index in [9.17, 15) is 13.2 Å². The molecule has 25 heavy (non-hydrogen) atoms. The van der Waals surface area contributed by atoms with Crippen molar-refractivity contribution in [1.82, 2.24) is 13.9 Å². The SMILES string of the molecule is O=C(Cn1ccnc1)Nc1ccc(Cl)c(S(=O)(=O)N2CCCCC2)c1. The van der Waals surface area contributed by atoms with E-state index in [0.29, 0.717) is 18.8 Å². The van der Waals surface area contributed by atoms with Crippen molar-refractivity contribution in [2.75, 3.05) is 18.4 Å². The third kappa shape index (κ3) is 4.20. The minimum absolute atomic E-state index is 0.0245. The van der Waals surface area contributed by atoms with Gasteiger partial charge in [-0.1, -0.05) is 18.0 Å². The third-order valence-corrected chi connectivity index (χ3v) is 6.41. The van der Waals surface area contributed by atoms with Gasteiger partial charge in [0.2, 0.25) is 15.9 Å². The Kier molecular flexibility index (Phi) is 5.41. The van der Waals surface area contributed by atoms with E-state index < -0.39 is 10.0 Å². The molecule has 1 aromatic heterocycles. The molecule has 1 fully saturated rings. The molecule has 1 aliphatic rings. The number of aromatic nitrogens is 2. The summed E-state index contributed by atoms with van der Waals surface area (Å²) in [5.41, 5.74) is 0.394. The van der Waals surface area contributed by atoms with Crippen LogP contribution in [0.2, 0.25) is 5.02 Å². The van der Waals surface area contributed by atoms with Crippen molar-refractivity contribution >= 4 is 33.2 Å². The van der Waals surface area contributed by atoms with Crippen LogP contribution in [0.15, 0.2) is 41.8 Å². The number of benzene rings is 1. The molecule has 0 spiro atoms. The van der Waals surface area contributed by atoms with E-state index >= 15 is 0 Å². The van der Waals surface area contributed by atoms with Crippen molar-refractivity contribution in [2.24, 2.45) is 0 Å². The number of halogens is 1. The zero-order valence-electron chi connectivity index (χ0n) is 13.6. The van der Waals surface area contributed by atoms with Crippen LogP contribution in [0, 0.1) is 0 Å². The zero-order valence-corrected chi connectivity index (χ0v) is 15.1. The highest BCUT2D eigenvalue weighted by Gasteiger charge is 2.28. The fourth-order valence-corrected chi connectivity index (χ4v) is 4.79. The van der Waals surface area contributed by atoms with Gasteiger partial charge in [-0.3, -0.25) is 4.79 Å². The highest BCUT2D eigenvalue weighted by molar-refractivity contribution is 7.89. The minimum Gasteiger partial charge on any atom is -0.328 e. The van der Waals surface area contributed by atoms with Crippen LogP contribution in [0.1, 0.15) is 19.3 Å². The summed E-state index contributed by atoms with van der Waals surface area (Å²) in [6.45, 7) is 1.09. The summed E-state index contributed by atoms with van der Waals surface area (Å²) < 4.78 is 28.7. The van der Waals surface area contributed by atoms with Crippen LogP contribution in [-0.4, -0.2) is 41.3 Å². The maximum Gasteiger partial charge on any atom is 0.244 e. The molecule has 0 aliphatic carbocycles. The van der Waals surface area contributed by atoms with E-state index in [1.807, 2.05) is 0 Å². The second kappa shape index (κ2) is 7.55. The first kappa shape index (κ1) is 17.9. The lowest BCUT2D eigenvalue weighted by molar-refractivity contribution is -0.116. The van der Waals surface area contributed by atoms with Crippen molar-refractivity contribution in [3.05, 3.63) is 41.9 Å². The standard InChI is InChI=1S/C16H19ClN4O3S/c17-14-5-4-13(19-16(22)11-20-9-6-18-12-20)10-15(14)25(23,24)21-7-2-1-3-8-21/h4-6,9-10,12H,1-3,7-8,11H2,(H,19,22). The molecule has 1 aromatic carbocycles. The number of sulfonamides is 1. The maximum absolute atomic E-state index is 12.8. The number of nitrogens with one attached hydrogen (secondary N) is 1. The summed E-state index contributed by atoms with van der Waals surface area (Å²) in [5.74, 6) is -0.276. The number of anilines is 1. The van der Waals surface area contributed by atoms with E-state index in [1.165, 1.54) is 22.8 Å². The fourth-order valence-electron chi connectivity index (χ4n) is 2.77. The van der Waals surface area contributed by atoms with Crippen LogP contribution >= 0.6 is 11.6 Å². The number of hydrogen-bond acceptors (Lipinski definition) is 4. The molecule has 0 radical (unpaired) electrons. The van der Waals surface area contributed by atoms with Crippen molar-refractivity contribution in [3.63, 3.8) is 0 Å². The molecule has 1 saturated heterocycles. The molecule has 1 aliphatic heterocycles. The molecule has 0 unspecified atom stereocenters. The van der Waals surface area contributed by atoms with Crippen LogP contribution < -0.4 is 5.32 Å². The van der Waals surface area contributed by atoms with Crippen LogP contribution in [0.4, 0.5) is 5.69 Å². The molecule has 3 rings (SSSR count). The first-order valence-corrected chi connectivity index (χ1v) is 9.84. The molecule has 0 atom stereocenters. The topological polar surface area (TPSA) is 84.3 Å². The Hall–Kier alpha value is -1.90. The van der Waals surface area contributed by atoms with Gasteiger partial charge in [0.25, 0.3) is 0 Å². The summed E-state index contributed by atoms with van der Waals surface area (Å²) in [7, 11) is -3.67. The van der Waals surface area contributed by atoms with Gasteiger partial charge in [0, 0.05) is 31.2 Å². The Labute approximate surface area is 151 Å². The number of carbonyl (C=O) groups is 1. The molecular formula is C16H19ClN4O3S. The second-order valence-corrected chi connectivity index (χ2v) is 8.21. The molecule has 0 bridgehead atoms. The van der Waals surface area contributed by atoms with Crippen molar-refractivity contribution < 1.29 is 13.2 Å². The number of hydrogen-bond donors (Lipinski definition) is 1. The van der Waals surface area contributed by atoms with Gasteiger partial charge in [-0.05, 0) is 31.0 Å². The van der Waals surface area contributed by atoms with Crippen molar-refractivity contribution in [2.45, 2.75) is 30.7 Å². The van der Waals surface area contributed by atoms with Gasteiger partial charge in [0.15, 0.2) is 0 Å². The van der Waals surface area contributed by atoms with Crippen molar-refractivity contribution in [1.29, 1.82) is 0 Å². The quantitative estimate of drug-likeness (QED) is 0.860. The van der Waals surface area contributed by atoms with Crippen LogP contribution in [0.25, 0.3) is 0 Å². The van der Waals surface area contributed by atoms with Gasteiger partial charge in [-0.25, -0.2) is 13.4 Å². The average Bonchev–Trinajstić information content (AvgIpc) is 3.10. The van der Waals surface area contributed by atoms with Crippen LogP contribution in [0.3, 0.4) is 0 Å². The number of imidazole rings is 1. The molecule has 0 saturated carbocycles. The highest BCUT2D eigenvalue weighted by atomic mass is 35.5. The monoisotopic (exact) mass is 382 g/mol. The summed E-state index contributed by atoms with van der Waals surface area (Å²) in [4.78, 5) is 16.0. The van der Waals surface area contributed by atoms with Gasteiger partial charge in [-0.15, -0.1) is 0 Å². The summed E-state index contributed by atoms with van der Waals surface area (Å²) in [5, 5.41) is 2.84. The Morgan fingerprint density at radius 1 is 1.24 bits per heavy atom. The predicted molar refractivity (Wildman–Crippen MR) is 94.9 cm³/mol. The van der Waals surface area contributed by atoms with Gasteiger partial charge < -0.3 is 9.88 Å². The minimum atomic E-state index is -3.67. The van der Waals surface area contributed by atoms with Crippen LogP contribution in [0.5, 0.6) is 0 Å². The molecule has 2 aromatic rings. The van der Waals surface area contributed by atoms with Gasteiger partial charge >= 0.3 is 0 Å². The lowest BCUT2D eigenvalue weighted by Gasteiger charge is -2.26. The first-order chi connectivity index (χ1) is 12.0. The van der Waals surface area contributed by atoms with E-state index in [-0.39, 0.29) is 22.4 Å². The predicted octanol–water partition coefficient (Wildman–Crippen LogP) is 2.35. The molecule has 9 heteroatoms. The maximum atomic E-state index is 12.8. The van der Waals surface area contributed by atoms with E-state index in [4.69, 9.17) is 11.6 Å². The number of piperidine rings is 1. The van der Waals surface area contributed by atoms with Crippen molar-refractivity contribution in [3.8, 4) is 0 Å². The number of carbonyl (C=O) groups excluding carboxylic acids is 1. The smallest absolute Gasteiger partial charge is 0.244 e.